The number of nitrogens with one attached hydrogen (secondary N) is 2. The summed E-state index contributed by atoms with van der Waals surface area (Å²) in [6.07, 6.45) is 6.54. The van der Waals surface area contributed by atoms with E-state index in [4.69, 9.17) is 0 Å². The second-order valence-corrected chi connectivity index (χ2v) is 4.45. The Hall–Kier alpha value is -1.20. The average Bonchev–Trinajstić information content (AvgIpc) is 2.88. The Morgan fingerprint density at radius 1 is 1.40 bits per heavy atom. The molecule has 5 heteroatoms. The van der Waals surface area contributed by atoms with Crippen molar-refractivity contribution in [3.63, 3.8) is 0 Å². The van der Waals surface area contributed by atoms with Crippen LogP contribution in [0.5, 0.6) is 0 Å². The Labute approximate surface area is 92.8 Å². The summed E-state index contributed by atoms with van der Waals surface area (Å²) in [6, 6.07) is 0. The average molecular weight is 222 g/mol. The third-order valence-corrected chi connectivity index (χ3v) is 3.24. The van der Waals surface area contributed by atoms with E-state index in [0.717, 1.165) is 30.2 Å². The summed E-state index contributed by atoms with van der Waals surface area (Å²) in [7, 11) is 0. The minimum absolute atomic E-state index is 0.807. The van der Waals surface area contributed by atoms with Gasteiger partial charge in [0.05, 0.1) is 6.33 Å². The highest BCUT2D eigenvalue weighted by molar-refractivity contribution is 7.11. The number of hydrogen-bond donors (Lipinski definition) is 2. The molecule has 0 spiro atoms. The Morgan fingerprint density at radius 3 is 3.00 bits per heavy atom. The summed E-state index contributed by atoms with van der Waals surface area (Å²) < 4.78 is 0. The molecular formula is C10H14N4S. The molecule has 2 aromatic heterocycles. The summed E-state index contributed by atoms with van der Waals surface area (Å²) in [4.78, 5) is 12.7. The molecule has 0 atom stereocenters. The highest BCUT2D eigenvalue weighted by Crippen LogP contribution is 2.12. The highest BCUT2D eigenvalue weighted by atomic mass is 32.1. The predicted molar refractivity (Wildman–Crippen MR) is 60.6 cm³/mol. The van der Waals surface area contributed by atoms with Gasteiger partial charge in [-0.15, -0.1) is 11.3 Å². The van der Waals surface area contributed by atoms with Crippen LogP contribution in [-0.4, -0.2) is 15.0 Å². The van der Waals surface area contributed by atoms with E-state index in [1.54, 1.807) is 17.7 Å². The van der Waals surface area contributed by atoms with Crippen LogP contribution >= 0.6 is 11.3 Å². The van der Waals surface area contributed by atoms with Crippen LogP contribution in [-0.2, 0) is 19.5 Å². The van der Waals surface area contributed by atoms with Crippen molar-refractivity contribution in [1.29, 1.82) is 0 Å². The Balaban J connectivity index is 1.78. The smallest absolute Gasteiger partial charge is 0.107 e. The number of nitrogens with zero attached hydrogens (tertiary/aromatic N) is 2. The number of aromatic nitrogens is 3. The van der Waals surface area contributed by atoms with Crippen LogP contribution < -0.4 is 5.32 Å². The molecule has 0 saturated carbocycles. The fraction of sp³-hybridized carbons (Fsp3) is 0.400. The van der Waals surface area contributed by atoms with Crippen LogP contribution in [0.3, 0.4) is 0 Å². The van der Waals surface area contributed by atoms with E-state index in [1.165, 1.54) is 4.88 Å². The van der Waals surface area contributed by atoms with Gasteiger partial charge in [-0.3, -0.25) is 0 Å². The molecular weight excluding hydrogens is 208 g/mol. The van der Waals surface area contributed by atoms with Gasteiger partial charge in [0, 0.05) is 36.1 Å². The Morgan fingerprint density at radius 2 is 2.33 bits per heavy atom. The van der Waals surface area contributed by atoms with E-state index in [0.29, 0.717) is 0 Å². The van der Waals surface area contributed by atoms with Crippen molar-refractivity contribution in [3.05, 3.63) is 34.3 Å². The van der Waals surface area contributed by atoms with Crippen LogP contribution in [0.1, 0.15) is 22.5 Å². The number of thiazole rings is 1. The largest absolute Gasteiger partial charge is 0.347 e. The lowest BCUT2D eigenvalue weighted by molar-refractivity contribution is 0.679. The first-order valence-electron chi connectivity index (χ1n) is 5.00. The molecule has 0 aliphatic carbocycles. The van der Waals surface area contributed by atoms with Crippen molar-refractivity contribution in [2.24, 2.45) is 0 Å². The lowest BCUT2D eigenvalue weighted by Gasteiger charge is -1.98. The van der Waals surface area contributed by atoms with Crippen LogP contribution in [0.2, 0.25) is 0 Å². The van der Waals surface area contributed by atoms with Gasteiger partial charge < -0.3 is 10.3 Å². The van der Waals surface area contributed by atoms with Crippen molar-refractivity contribution in [2.45, 2.75) is 26.4 Å². The van der Waals surface area contributed by atoms with Gasteiger partial charge in [-0.2, -0.15) is 0 Å². The molecule has 2 rings (SSSR count). The first-order valence-corrected chi connectivity index (χ1v) is 5.81. The number of hydrogen-bond acceptors (Lipinski definition) is 4. The second-order valence-electron chi connectivity index (χ2n) is 3.25. The van der Waals surface area contributed by atoms with E-state index in [2.05, 4.69) is 27.2 Å². The molecule has 2 aromatic rings. The molecule has 0 bridgehead atoms. The highest BCUT2D eigenvalue weighted by Gasteiger charge is 2.00. The van der Waals surface area contributed by atoms with E-state index in [-0.39, 0.29) is 0 Å². The van der Waals surface area contributed by atoms with Gasteiger partial charge in [0.15, 0.2) is 0 Å². The van der Waals surface area contributed by atoms with Gasteiger partial charge in [-0.1, -0.05) is 6.92 Å². The van der Waals surface area contributed by atoms with Crippen molar-refractivity contribution in [1.82, 2.24) is 20.3 Å². The zero-order valence-electron chi connectivity index (χ0n) is 8.66. The Bertz CT molecular complexity index is 393. The maximum Gasteiger partial charge on any atom is 0.107 e. The molecule has 80 valence electrons. The van der Waals surface area contributed by atoms with Crippen molar-refractivity contribution >= 4 is 11.3 Å². The lowest BCUT2D eigenvalue weighted by Crippen LogP contribution is -2.12. The van der Waals surface area contributed by atoms with Crippen LogP contribution in [0.25, 0.3) is 0 Å². The van der Waals surface area contributed by atoms with E-state index in [1.807, 2.05) is 12.4 Å². The fourth-order valence-electron chi connectivity index (χ4n) is 1.28. The van der Waals surface area contributed by atoms with Gasteiger partial charge >= 0.3 is 0 Å². The molecule has 2 heterocycles. The van der Waals surface area contributed by atoms with Crippen LogP contribution in [0.15, 0.2) is 18.7 Å². The van der Waals surface area contributed by atoms with E-state index in [9.17, 15) is 0 Å². The fourth-order valence-corrected chi connectivity index (χ4v) is 2.11. The minimum Gasteiger partial charge on any atom is -0.347 e. The molecule has 0 saturated heterocycles. The summed E-state index contributed by atoms with van der Waals surface area (Å²) in [5.74, 6) is 0. The topological polar surface area (TPSA) is 53.6 Å². The van der Waals surface area contributed by atoms with Gasteiger partial charge in [0.25, 0.3) is 0 Å². The normalized spacial score (nSPS) is 10.7. The predicted octanol–water partition coefficient (Wildman–Crippen LogP) is 1.72. The van der Waals surface area contributed by atoms with Gasteiger partial charge in [0.2, 0.25) is 0 Å². The van der Waals surface area contributed by atoms with E-state index < -0.39 is 0 Å². The Kier molecular flexibility index (Phi) is 3.47. The SMILES string of the molecule is CCc1cnc(CNCc2cnc[nH]2)s1. The molecule has 0 radical (unpaired) electrons. The first kappa shape index (κ1) is 10.3. The second kappa shape index (κ2) is 5.04. The summed E-state index contributed by atoms with van der Waals surface area (Å²) in [5.41, 5.74) is 1.10. The summed E-state index contributed by atoms with van der Waals surface area (Å²) >= 11 is 1.77. The molecule has 4 nitrogen and oxygen atoms in total. The van der Waals surface area contributed by atoms with Crippen molar-refractivity contribution < 1.29 is 0 Å². The van der Waals surface area contributed by atoms with Gasteiger partial charge in [0.1, 0.15) is 5.01 Å². The maximum atomic E-state index is 4.34. The maximum absolute atomic E-state index is 4.34. The molecule has 0 fully saturated rings. The molecule has 0 aliphatic rings. The molecule has 2 N–H and O–H groups in total. The van der Waals surface area contributed by atoms with Gasteiger partial charge in [-0.25, -0.2) is 9.97 Å². The van der Waals surface area contributed by atoms with Crippen LogP contribution in [0.4, 0.5) is 0 Å². The van der Waals surface area contributed by atoms with Crippen molar-refractivity contribution in [2.75, 3.05) is 0 Å². The van der Waals surface area contributed by atoms with Gasteiger partial charge in [-0.05, 0) is 6.42 Å². The molecule has 0 aliphatic heterocycles. The third kappa shape index (κ3) is 2.87. The van der Waals surface area contributed by atoms with Crippen LogP contribution in [0, 0.1) is 0 Å². The standard InChI is InChI=1S/C10H14N4S/c1-2-9-5-13-10(15-9)6-11-3-8-4-12-7-14-8/h4-5,7,11H,2-3,6H2,1H3,(H,12,14). The number of aromatic amines is 1. The summed E-state index contributed by atoms with van der Waals surface area (Å²) in [5, 5.41) is 4.46. The molecule has 0 amide bonds. The summed E-state index contributed by atoms with van der Waals surface area (Å²) in [6.45, 7) is 3.78. The van der Waals surface area contributed by atoms with E-state index >= 15 is 0 Å². The zero-order valence-corrected chi connectivity index (χ0v) is 9.47. The first-order chi connectivity index (χ1) is 7.38. The number of aryl methyl sites for hydroxylation is 1. The monoisotopic (exact) mass is 222 g/mol. The third-order valence-electron chi connectivity index (χ3n) is 2.10. The van der Waals surface area contributed by atoms with Crippen molar-refractivity contribution in [3.8, 4) is 0 Å². The molecule has 15 heavy (non-hydrogen) atoms. The minimum atomic E-state index is 0.807. The molecule has 0 aromatic carbocycles. The number of H-pyrrole nitrogens is 1. The number of imidazole rings is 1. The quantitative estimate of drug-likeness (QED) is 0.810. The zero-order chi connectivity index (χ0) is 10.5. The number of rotatable bonds is 5. The lowest BCUT2D eigenvalue weighted by atomic mass is 10.4. The molecule has 0 unspecified atom stereocenters.